The first-order valence-corrected chi connectivity index (χ1v) is 6.44. The lowest BCUT2D eigenvalue weighted by Crippen LogP contribution is -2.18. The minimum atomic E-state index is -0.706. The van der Waals surface area contributed by atoms with Crippen molar-refractivity contribution in [3.8, 4) is 0 Å². The number of carbonyl (C=O) groups excluding carboxylic acids is 1. The van der Waals surface area contributed by atoms with Gasteiger partial charge in [0.25, 0.3) is 0 Å². The van der Waals surface area contributed by atoms with E-state index in [1.165, 1.54) is 6.42 Å². The van der Waals surface area contributed by atoms with Crippen molar-refractivity contribution in [1.29, 1.82) is 0 Å². The number of rotatable bonds is 7. The molecule has 0 bridgehead atoms. The Balaban J connectivity index is 1.98. The maximum absolute atomic E-state index is 11.5. The Labute approximate surface area is 97.2 Å². The smallest absolute Gasteiger partial charge is 0.303 e. The van der Waals surface area contributed by atoms with Gasteiger partial charge in [-0.15, -0.1) is 0 Å². The molecule has 3 nitrogen and oxygen atoms in total. The van der Waals surface area contributed by atoms with E-state index in [2.05, 4.69) is 0 Å². The van der Waals surface area contributed by atoms with Crippen LogP contribution >= 0.6 is 0 Å². The first kappa shape index (κ1) is 13.2. The Bertz CT molecular complexity index is 235. The molecule has 0 aromatic rings. The summed E-state index contributed by atoms with van der Waals surface area (Å²) in [6, 6.07) is 0. The normalized spacial score (nSPS) is 21.0. The van der Waals surface area contributed by atoms with Crippen LogP contribution in [0.4, 0.5) is 0 Å². The van der Waals surface area contributed by atoms with Crippen molar-refractivity contribution in [1.82, 2.24) is 0 Å². The fourth-order valence-electron chi connectivity index (χ4n) is 2.38. The molecule has 0 spiro atoms. The predicted molar refractivity (Wildman–Crippen MR) is 62.3 cm³/mol. The molecule has 1 saturated carbocycles. The van der Waals surface area contributed by atoms with E-state index in [1.807, 2.05) is 0 Å². The Kier molecular flexibility index (Phi) is 6.12. The van der Waals surface area contributed by atoms with Crippen molar-refractivity contribution in [2.75, 3.05) is 0 Å². The van der Waals surface area contributed by atoms with E-state index in [0.29, 0.717) is 11.7 Å². The second kappa shape index (κ2) is 7.42. The lowest BCUT2D eigenvalue weighted by atomic mass is 9.84. The van der Waals surface area contributed by atoms with Crippen molar-refractivity contribution < 1.29 is 14.7 Å². The first-order chi connectivity index (χ1) is 7.70. The van der Waals surface area contributed by atoms with Crippen LogP contribution in [-0.4, -0.2) is 16.9 Å². The molecule has 1 unspecified atom stereocenters. The van der Waals surface area contributed by atoms with Gasteiger partial charge in [0.1, 0.15) is 5.78 Å². The number of carboxylic acids is 1. The van der Waals surface area contributed by atoms with E-state index < -0.39 is 5.97 Å². The summed E-state index contributed by atoms with van der Waals surface area (Å²) >= 11 is 0. The Morgan fingerprint density at radius 3 is 2.62 bits per heavy atom. The third-order valence-corrected chi connectivity index (χ3v) is 3.37. The fraction of sp³-hybridized carbons (Fsp3) is 0.846. The van der Waals surface area contributed by atoms with E-state index in [0.717, 1.165) is 51.4 Å². The summed E-state index contributed by atoms with van der Waals surface area (Å²) in [5.41, 5.74) is 0. The van der Waals surface area contributed by atoms with Gasteiger partial charge in [-0.2, -0.15) is 0 Å². The summed E-state index contributed by atoms with van der Waals surface area (Å²) in [7, 11) is 0. The van der Waals surface area contributed by atoms with Crippen LogP contribution in [0.25, 0.3) is 0 Å². The molecule has 92 valence electrons. The maximum atomic E-state index is 11.5. The molecular weight excluding hydrogens is 204 g/mol. The Morgan fingerprint density at radius 1 is 1.19 bits per heavy atom. The van der Waals surface area contributed by atoms with Crippen LogP contribution in [0, 0.1) is 5.92 Å². The zero-order chi connectivity index (χ0) is 11.8. The van der Waals surface area contributed by atoms with Crippen molar-refractivity contribution >= 4 is 11.8 Å². The van der Waals surface area contributed by atoms with Crippen molar-refractivity contribution in [3.05, 3.63) is 0 Å². The van der Waals surface area contributed by atoms with Crippen LogP contribution in [0.2, 0.25) is 0 Å². The lowest BCUT2D eigenvalue weighted by molar-refractivity contribution is -0.137. The van der Waals surface area contributed by atoms with Gasteiger partial charge < -0.3 is 5.11 Å². The highest BCUT2D eigenvalue weighted by Gasteiger charge is 2.21. The number of hydrogen-bond acceptors (Lipinski definition) is 2. The van der Waals surface area contributed by atoms with E-state index in [4.69, 9.17) is 5.11 Å². The van der Waals surface area contributed by atoms with Crippen LogP contribution in [0.3, 0.4) is 0 Å². The second-order valence-corrected chi connectivity index (χ2v) is 4.76. The number of carbonyl (C=O) groups is 2. The largest absolute Gasteiger partial charge is 0.481 e. The van der Waals surface area contributed by atoms with Gasteiger partial charge in [0.2, 0.25) is 0 Å². The topological polar surface area (TPSA) is 54.4 Å². The molecule has 0 amide bonds. The highest BCUT2D eigenvalue weighted by atomic mass is 16.4. The summed E-state index contributed by atoms with van der Waals surface area (Å²) < 4.78 is 0. The highest BCUT2D eigenvalue weighted by Crippen LogP contribution is 2.25. The SMILES string of the molecule is O=C(O)CCCCCCC1CCCCC1=O. The van der Waals surface area contributed by atoms with E-state index in [9.17, 15) is 9.59 Å². The molecule has 1 aliphatic carbocycles. The van der Waals surface area contributed by atoms with E-state index in [1.54, 1.807) is 0 Å². The second-order valence-electron chi connectivity index (χ2n) is 4.76. The monoisotopic (exact) mass is 226 g/mol. The van der Waals surface area contributed by atoms with Crippen molar-refractivity contribution in [2.45, 2.75) is 64.2 Å². The summed E-state index contributed by atoms with van der Waals surface area (Å²) in [5, 5.41) is 8.46. The minimum absolute atomic E-state index is 0.280. The molecule has 1 fully saturated rings. The molecule has 0 aliphatic heterocycles. The molecule has 1 atom stereocenters. The van der Waals surface area contributed by atoms with Crippen LogP contribution < -0.4 is 0 Å². The number of carboxylic acid groups (broad SMARTS) is 1. The predicted octanol–water partition coefficient (Wildman–Crippen LogP) is 3.17. The van der Waals surface area contributed by atoms with E-state index >= 15 is 0 Å². The van der Waals surface area contributed by atoms with Gasteiger partial charge in [0, 0.05) is 18.8 Å². The number of Topliss-reactive ketones (excluding diaryl/α,β-unsaturated/α-hetero) is 1. The van der Waals surface area contributed by atoms with E-state index in [-0.39, 0.29) is 6.42 Å². The van der Waals surface area contributed by atoms with Crippen LogP contribution in [0.15, 0.2) is 0 Å². The molecular formula is C13H22O3. The average Bonchev–Trinajstić information content (AvgIpc) is 2.25. The molecule has 0 saturated heterocycles. The van der Waals surface area contributed by atoms with Gasteiger partial charge in [-0.1, -0.05) is 25.7 Å². The zero-order valence-corrected chi connectivity index (χ0v) is 9.91. The van der Waals surface area contributed by atoms with Crippen molar-refractivity contribution in [2.24, 2.45) is 5.92 Å². The van der Waals surface area contributed by atoms with Gasteiger partial charge in [-0.25, -0.2) is 0 Å². The summed E-state index contributed by atoms with van der Waals surface area (Å²) in [6.45, 7) is 0. The maximum Gasteiger partial charge on any atom is 0.303 e. The highest BCUT2D eigenvalue weighted by molar-refractivity contribution is 5.81. The number of unbranched alkanes of at least 4 members (excludes halogenated alkanes) is 3. The van der Waals surface area contributed by atoms with Gasteiger partial charge in [-0.3, -0.25) is 9.59 Å². The molecule has 1 N–H and O–H groups in total. The standard InChI is InChI=1S/C13H22O3/c14-12-9-6-5-8-11(12)7-3-1-2-4-10-13(15)16/h11H,1-10H2,(H,15,16). The third kappa shape index (κ3) is 5.29. The quantitative estimate of drug-likeness (QED) is 0.678. The molecule has 0 aromatic heterocycles. The minimum Gasteiger partial charge on any atom is -0.481 e. The lowest BCUT2D eigenvalue weighted by Gasteiger charge is -2.19. The summed E-state index contributed by atoms with van der Waals surface area (Å²) in [6.07, 6.45) is 9.34. The molecule has 3 heteroatoms. The Hall–Kier alpha value is -0.860. The summed E-state index contributed by atoms with van der Waals surface area (Å²) in [5.74, 6) is 0.0625. The molecule has 1 rings (SSSR count). The number of hydrogen-bond donors (Lipinski definition) is 1. The van der Waals surface area contributed by atoms with Gasteiger partial charge in [-0.05, 0) is 25.7 Å². The third-order valence-electron chi connectivity index (χ3n) is 3.37. The molecule has 0 aromatic carbocycles. The van der Waals surface area contributed by atoms with Gasteiger partial charge >= 0.3 is 5.97 Å². The Morgan fingerprint density at radius 2 is 1.94 bits per heavy atom. The van der Waals surface area contributed by atoms with Crippen molar-refractivity contribution in [3.63, 3.8) is 0 Å². The molecule has 0 heterocycles. The fourth-order valence-corrected chi connectivity index (χ4v) is 2.38. The first-order valence-electron chi connectivity index (χ1n) is 6.44. The average molecular weight is 226 g/mol. The number of ketones is 1. The van der Waals surface area contributed by atoms with Crippen LogP contribution in [0.5, 0.6) is 0 Å². The zero-order valence-electron chi connectivity index (χ0n) is 9.91. The van der Waals surface area contributed by atoms with Gasteiger partial charge in [0.15, 0.2) is 0 Å². The summed E-state index contributed by atoms with van der Waals surface area (Å²) in [4.78, 5) is 21.8. The molecule has 0 radical (unpaired) electrons. The molecule has 16 heavy (non-hydrogen) atoms. The number of aliphatic carboxylic acids is 1. The van der Waals surface area contributed by atoms with Crippen LogP contribution in [-0.2, 0) is 9.59 Å². The van der Waals surface area contributed by atoms with Crippen LogP contribution in [0.1, 0.15) is 64.2 Å². The molecule has 1 aliphatic rings. The van der Waals surface area contributed by atoms with Gasteiger partial charge in [0.05, 0.1) is 0 Å².